The number of carboxylic acids is 1. The number of hydrogen-bond acceptors (Lipinski definition) is 11. The normalized spacial score (nSPS) is 26.6. The topological polar surface area (TPSA) is 178 Å². The van der Waals surface area contributed by atoms with Gasteiger partial charge in [-0.05, 0) is 118 Å². The highest BCUT2D eigenvalue weighted by atomic mass is 16.4. The molecule has 5 N–H and O–H groups in total. The maximum atomic E-state index is 12.3. The summed E-state index contributed by atoms with van der Waals surface area (Å²) in [6.07, 6.45) is -0.283. The predicted octanol–water partition coefficient (Wildman–Crippen LogP) is -0.416. The number of carboxylic acid groups (broad SMARTS) is 1. The largest absolute Gasteiger partial charge is 0.480 e. The van der Waals surface area contributed by atoms with Gasteiger partial charge in [0.15, 0.2) is 0 Å². The Labute approximate surface area is 328 Å². The maximum Gasteiger partial charge on any atom is 0.320 e. The van der Waals surface area contributed by atoms with Crippen LogP contribution in [-0.2, 0) is 24.0 Å². The van der Waals surface area contributed by atoms with E-state index in [-0.39, 0.29) is 47.4 Å². The first-order valence-electron chi connectivity index (χ1n) is 20.0. The summed E-state index contributed by atoms with van der Waals surface area (Å²) in [5.41, 5.74) is 4.95. The van der Waals surface area contributed by atoms with Gasteiger partial charge in [-0.25, -0.2) is 0 Å². The van der Waals surface area contributed by atoms with Crippen LogP contribution in [-0.4, -0.2) is 212 Å². The van der Waals surface area contributed by atoms with Gasteiger partial charge in [0.2, 0.25) is 24.6 Å². The summed E-state index contributed by atoms with van der Waals surface area (Å²) < 4.78 is 14.6. The van der Waals surface area contributed by atoms with Gasteiger partial charge >= 0.3 is 5.97 Å². The molecule has 16 heteroatoms. The minimum Gasteiger partial charge on any atom is -0.480 e. The lowest BCUT2D eigenvalue weighted by Crippen LogP contribution is -2.66. The Bertz CT molecular complexity index is 1330. The highest BCUT2D eigenvalue weighted by molar-refractivity contribution is 5.83. The molecule has 4 aliphatic rings. The fraction of sp³-hybridized carbons (Fsp3) is 0.868. The molecule has 0 aliphatic carbocycles. The van der Waals surface area contributed by atoms with E-state index in [1.165, 1.54) is 0 Å². The van der Waals surface area contributed by atoms with Crippen LogP contribution in [0, 0.1) is 11.8 Å². The average Bonchev–Trinajstić information content (AvgIpc) is 3.30. The lowest BCUT2D eigenvalue weighted by Gasteiger charge is -2.46. The van der Waals surface area contributed by atoms with E-state index >= 15 is 0 Å². The van der Waals surface area contributed by atoms with Crippen LogP contribution in [0.2, 0.25) is 0 Å². The number of carbonyl (C=O) groups is 5. The van der Waals surface area contributed by atoms with Crippen LogP contribution in [0.3, 0.4) is 0 Å². The number of amides is 4. The molecule has 314 valence electrons. The van der Waals surface area contributed by atoms with Gasteiger partial charge in [-0.3, -0.25) is 33.8 Å². The summed E-state index contributed by atoms with van der Waals surface area (Å²) >= 11 is 0. The van der Waals surface area contributed by atoms with E-state index in [0.29, 0.717) is 25.6 Å². The third-order valence-electron chi connectivity index (χ3n) is 11.3. The monoisotopic (exact) mass is 771 g/mol. The Kier molecular flexibility index (Phi) is 17.6. The third-order valence-corrected chi connectivity index (χ3v) is 11.3. The lowest BCUT2D eigenvalue weighted by atomic mass is 9.78. The van der Waals surface area contributed by atoms with E-state index in [1.807, 2.05) is 67.7 Å². The van der Waals surface area contributed by atoms with E-state index in [1.54, 1.807) is 35.7 Å². The number of likely N-dealkylation sites (N-methyl/N-ethyl adjacent to an activating group) is 4. The molecule has 4 fully saturated rings. The molecule has 4 amide bonds. The van der Waals surface area contributed by atoms with Crippen LogP contribution >= 0.6 is 0 Å². The SMILES string of the molecule is CC(C(=O)O)N(C)C.CN1CCC2C(=O)NC(C)(C)C2C1.[2H]C(=O)N1CCN(C)CC1C(C)(C)N.[2H]C(=O)N1CCN(C)CC1C(C)(C)NC(=O)C(C)N(C)C. The first kappa shape index (κ1) is 45.5. The summed E-state index contributed by atoms with van der Waals surface area (Å²) in [6.45, 7) is 21.5. The Morgan fingerprint density at radius 3 is 1.72 bits per heavy atom. The maximum absolute atomic E-state index is 12.3. The first-order valence-corrected chi connectivity index (χ1v) is 19.0. The zero-order chi connectivity index (χ0) is 43.7. The van der Waals surface area contributed by atoms with Crippen LogP contribution in [0.5, 0.6) is 0 Å². The molecule has 4 aliphatic heterocycles. The van der Waals surface area contributed by atoms with Gasteiger partial charge in [0.1, 0.15) is 8.78 Å². The van der Waals surface area contributed by atoms with Crippen molar-refractivity contribution in [3.8, 4) is 0 Å². The Balaban J connectivity index is 0.000000393. The predicted molar refractivity (Wildman–Crippen MR) is 214 cm³/mol. The third kappa shape index (κ3) is 14.6. The number of piperidine rings is 1. The minimum atomic E-state index is -0.782. The van der Waals surface area contributed by atoms with Gasteiger partial charge in [0.25, 0.3) is 0 Å². The first-order chi connectivity index (χ1) is 25.4. The molecule has 16 nitrogen and oxygen atoms in total. The van der Waals surface area contributed by atoms with E-state index in [2.05, 4.69) is 46.2 Å². The number of hydrogen-bond donors (Lipinski definition) is 4. The Hall–Kier alpha value is -2.89. The fourth-order valence-corrected chi connectivity index (χ4v) is 6.94. The van der Waals surface area contributed by atoms with Crippen LogP contribution < -0.4 is 16.4 Å². The molecule has 4 saturated heterocycles. The Morgan fingerprint density at radius 2 is 1.31 bits per heavy atom. The number of fused-ring (bicyclic) bond motifs is 1. The van der Waals surface area contributed by atoms with Gasteiger partial charge in [-0.1, -0.05) is 0 Å². The van der Waals surface area contributed by atoms with Crippen molar-refractivity contribution in [2.45, 2.75) is 103 Å². The Morgan fingerprint density at radius 1 is 0.870 bits per heavy atom. The number of likely N-dealkylation sites (tertiary alicyclic amines) is 1. The molecule has 54 heavy (non-hydrogen) atoms. The molecule has 4 rings (SSSR count). The summed E-state index contributed by atoms with van der Waals surface area (Å²) in [7, 11) is 13.3. The van der Waals surface area contributed by atoms with E-state index in [4.69, 9.17) is 13.6 Å². The molecule has 6 unspecified atom stereocenters. The molecule has 4 heterocycles. The molecule has 0 aromatic rings. The van der Waals surface area contributed by atoms with Crippen molar-refractivity contribution in [1.82, 2.24) is 44.9 Å². The fourth-order valence-electron chi connectivity index (χ4n) is 6.94. The van der Waals surface area contributed by atoms with Crippen LogP contribution in [0.4, 0.5) is 0 Å². The number of carbonyl (C=O) groups excluding carboxylic acids is 4. The van der Waals surface area contributed by atoms with E-state index in [9.17, 15) is 24.0 Å². The number of rotatable bonds is 7. The van der Waals surface area contributed by atoms with E-state index < -0.39 is 29.8 Å². The highest BCUT2D eigenvalue weighted by Gasteiger charge is 2.49. The molecular weight excluding hydrogens is 692 g/mol. The summed E-state index contributed by atoms with van der Waals surface area (Å²) in [5.74, 6) is 0.179. The van der Waals surface area contributed by atoms with Crippen LogP contribution in [0.1, 0.15) is 64.6 Å². The number of nitrogens with two attached hydrogens (primary N) is 1. The summed E-state index contributed by atoms with van der Waals surface area (Å²) in [6, 6.07) is -0.897. The quantitative estimate of drug-likeness (QED) is 0.247. The van der Waals surface area contributed by atoms with Gasteiger partial charge in [0, 0.05) is 68.7 Å². The second-order valence-electron chi connectivity index (χ2n) is 17.8. The lowest BCUT2D eigenvalue weighted by molar-refractivity contribution is -0.141. The van der Waals surface area contributed by atoms with Gasteiger partial charge in [0.05, 0.1) is 23.7 Å². The zero-order valence-corrected chi connectivity index (χ0v) is 36.0. The smallest absolute Gasteiger partial charge is 0.320 e. The molecule has 0 aromatic carbocycles. The molecular formula is C38H76N10O6. The van der Waals surface area contributed by atoms with Gasteiger partial charge in [-0.15, -0.1) is 0 Å². The van der Waals surface area contributed by atoms with Gasteiger partial charge < -0.3 is 46.0 Å². The molecule has 0 spiro atoms. The van der Waals surface area contributed by atoms with E-state index in [0.717, 1.165) is 39.1 Å². The second-order valence-corrected chi connectivity index (χ2v) is 17.8. The number of piperazine rings is 2. The second kappa shape index (κ2) is 20.9. The van der Waals surface area contributed by atoms with Crippen molar-refractivity contribution < 1.29 is 31.8 Å². The number of nitrogens with zero attached hydrogens (tertiary/aromatic N) is 7. The highest BCUT2D eigenvalue weighted by Crippen LogP contribution is 2.37. The van der Waals surface area contributed by atoms with Crippen molar-refractivity contribution in [2.75, 3.05) is 102 Å². The zero-order valence-electron chi connectivity index (χ0n) is 38.0. The van der Waals surface area contributed by atoms with Gasteiger partial charge in [-0.2, -0.15) is 0 Å². The summed E-state index contributed by atoms with van der Waals surface area (Å²) in [5, 5.41) is 14.4. The van der Waals surface area contributed by atoms with Crippen LogP contribution in [0.25, 0.3) is 0 Å². The molecule has 0 radical (unpaired) electrons. The van der Waals surface area contributed by atoms with Crippen molar-refractivity contribution in [3.63, 3.8) is 0 Å². The standard InChI is InChI=1S/C14H28N4O2.C10H18N2O.C9H19N3O.C5H11NO2/c1-11(16(4)5)13(20)15-14(2,3)12-9-17(6)7-8-18(12)10-19;1-10(2)8-6-12(3)5-4-7(8)9(13)11-10;1-9(2,10)8-6-11(3)4-5-12(8)7-13;1-4(5(7)8)6(2)3/h10-12H,7-9H2,1-6H3,(H,15,20);7-8H,4-6H2,1-3H3,(H,11,13);7-8H,4-6,10H2,1-3H3;4H,1-3H3,(H,7,8)/i10D;;7D;. The average molecular weight is 771 g/mol. The summed E-state index contributed by atoms with van der Waals surface area (Å²) in [4.78, 5) is 69.8. The van der Waals surface area contributed by atoms with Crippen molar-refractivity contribution >= 4 is 30.6 Å². The molecule has 0 bridgehead atoms. The molecule has 6 atom stereocenters. The van der Waals surface area contributed by atoms with Crippen molar-refractivity contribution in [1.29, 1.82) is 0 Å². The molecule has 0 aromatic heterocycles. The number of aliphatic carboxylic acids is 1. The number of nitrogens with one attached hydrogen (secondary N) is 2. The van der Waals surface area contributed by atoms with Crippen LogP contribution in [0.15, 0.2) is 0 Å². The molecule has 0 saturated carbocycles. The minimum absolute atomic E-state index is 0.00354. The van der Waals surface area contributed by atoms with Crippen molar-refractivity contribution in [3.05, 3.63) is 0 Å². The van der Waals surface area contributed by atoms with Crippen molar-refractivity contribution in [2.24, 2.45) is 17.6 Å².